The summed E-state index contributed by atoms with van der Waals surface area (Å²) in [7, 11) is 0. The van der Waals surface area contributed by atoms with Crippen LogP contribution >= 0.6 is 15.9 Å². The predicted octanol–water partition coefficient (Wildman–Crippen LogP) is 7.01. The Morgan fingerprint density at radius 2 is 1.83 bits per heavy atom. The van der Waals surface area contributed by atoms with Gasteiger partial charge in [-0.15, -0.1) is 0 Å². The molecule has 2 aromatic rings. The van der Waals surface area contributed by atoms with Gasteiger partial charge in [0, 0.05) is 5.69 Å². The lowest BCUT2D eigenvalue weighted by Crippen LogP contribution is -2.22. The van der Waals surface area contributed by atoms with Crippen LogP contribution in [0, 0.1) is 13.8 Å². The molecule has 0 saturated carbocycles. The summed E-state index contributed by atoms with van der Waals surface area (Å²) in [6, 6.07) is 6.00. The molecule has 1 aromatic heterocycles. The van der Waals surface area contributed by atoms with E-state index in [0.29, 0.717) is 11.7 Å². The van der Waals surface area contributed by atoms with Crippen molar-refractivity contribution in [3.05, 3.63) is 45.2 Å². The monoisotopic (exact) mass is 462 g/mol. The standard InChI is InChI=1S/C24H35BrN2O2/c1-6-7-8-9-10-11-12-21-18(4)26-27(19(21)5)24(28)16-29-23-14-13-20(17(2)3)15-22(23)25/h13-15,17H,6-12,16H2,1-5H3. The van der Waals surface area contributed by atoms with E-state index in [2.05, 4.69) is 41.8 Å². The first kappa shape index (κ1) is 23.7. The lowest BCUT2D eigenvalue weighted by Gasteiger charge is -2.11. The fraction of sp³-hybridized carbons (Fsp3) is 0.583. The summed E-state index contributed by atoms with van der Waals surface area (Å²) >= 11 is 3.54. The number of nitrogens with zero attached hydrogens (tertiary/aromatic N) is 2. The number of unbranched alkanes of at least 4 members (excludes halogenated alkanes) is 5. The molecule has 5 heteroatoms. The van der Waals surface area contributed by atoms with E-state index in [-0.39, 0.29) is 12.5 Å². The number of aromatic nitrogens is 2. The third-order valence-corrected chi connectivity index (χ3v) is 6.05. The van der Waals surface area contributed by atoms with Crippen molar-refractivity contribution in [2.24, 2.45) is 0 Å². The first-order chi connectivity index (χ1) is 13.8. The van der Waals surface area contributed by atoms with E-state index in [0.717, 1.165) is 28.7 Å². The van der Waals surface area contributed by atoms with Gasteiger partial charge in [0.15, 0.2) is 6.61 Å². The lowest BCUT2D eigenvalue weighted by molar-refractivity contribution is 0.0817. The van der Waals surface area contributed by atoms with E-state index in [1.54, 1.807) is 0 Å². The number of benzene rings is 1. The number of halogens is 1. The minimum absolute atomic E-state index is 0.0297. The van der Waals surface area contributed by atoms with Gasteiger partial charge in [-0.05, 0) is 71.8 Å². The molecule has 1 aromatic carbocycles. The van der Waals surface area contributed by atoms with Gasteiger partial charge in [0.2, 0.25) is 0 Å². The fourth-order valence-electron chi connectivity index (χ4n) is 3.56. The number of rotatable bonds is 11. The number of hydrogen-bond donors (Lipinski definition) is 0. The van der Waals surface area contributed by atoms with Crippen molar-refractivity contribution >= 4 is 21.8 Å². The maximum Gasteiger partial charge on any atom is 0.284 e. The van der Waals surface area contributed by atoms with Crippen LogP contribution < -0.4 is 4.74 Å². The van der Waals surface area contributed by atoms with Crippen LogP contribution in [0.2, 0.25) is 0 Å². The minimum Gasteiger partial charge on any atom is -0.483 e. The molecule has 0 atom stereocenters. The Balaban J connectivity index is 1.94. The van der Waals surface area contributed by atoms with E-state index < -0.39 is 0 Å². The second-order valence-corrected chi connectivity index (χ2v) is 8.96. The first-order valence-corrected chi connectivity index (χ1v) is 11.6. The third-order valence-electron chi connectivity index (χ3n) is 5.43. The SMILES string of the molecule is CCCCCCCCc1c(C)nn(C(=O)COc2ccc(C(C)C)cc2Br)c1C. The normalized spacial score (nSPS) is 11.3. The zero-order valence-electron chi connectivity index (χ0n) is 18.6. The highest BCUT2D eigenvalue weighted by atomic mass is 79.9. The first-order valence-electron chi connectivity index (χ1n) is 10.9. The summed E-state index contributed by atoms with van der Waals surface area (Å²) in [4.78, 5) is 12.7. The third kappa shape index (κ3) is 6.70. The highest BCUT2D eigenvalue weighted by Crippen LogP contribution is 2.29. The zero-order chi connectivity index (χ0) is 21.4. The largest absolute Gasteiger partial charge is 0.483 e. The van der Waals surface area contributed by atoms with Crippen LogP contribution in [0.1, 0.15) is 92.5 Å². The molecule has 0 amide bonds. The van der Waals surface area contributed by atoms with Gasteiger partial charge in [-0.3, -0.25) is 4.79 Å². The van der Waals surface area contributed by atoms with Gasteiger partial charge in [-0.25, -0.2) is 4.68 Å². The molecule has 0 aliphatic carbocycles. The average Bonchev–Trinajstić information content (AvgIpc) is 2.97. The van der Waals surface area contributed by atoms with Crippen LogP contribution in [0.15, 0.2) is 22.7 Å². The Bertz CT molecular complexity index is 811. The average molecular weight is 463 g/mol. The zero-order valence-corrected chi connectivity index (χ0v) is 20.1. The predicted molar refractivity (Wildman–Crippen MR) is 123 cm³/mol. The molecular formula is C24H35BrN2O2. The van der Waals surface area contributed by atoms with E-state index in [1.807, 2.05) is 32.0 Å². The Morgan fingerprint density at radius 3 is 2.48 bits per heavy atom. The van der Waals surface area contributed by atoms with E-state index >= 15 is 0 Å². The van der Waals surface area contributed by atoms with Crippen molar-refractivity contribution in [1.29, 1.82) is 0 Å². The molecule has 160 valence electrons. The molecule has 4 nitrogen and oxygen atoms in total. The van der Waals surface area contributed by atoms with Crippen LogP contribution in [-0.4, -0.2) is 22.3 Å². The van der Waals surface area contributed by atoms with E-state index in [1.165, 1.54) is 47.9 Å². The lowest BCUT2D eigenvalue weighted by atomic mass is 10.0. The molecule has 0 aliphatic rings. The molecule has 0 aliphatic heterocycles. The van der Waals surface area contributed by atoms with Crippen molar-refractivity contribution < 1.29 is 9.53 Å². The van der Waals surface area contributed by atoms with Crippen LogP contribution in [0.25, 0.3) is 0 Å². The fourth-order valence-corrected chi connectivity index (χ4v) is 4.07. The van der Waals surface area contributed by atoms with Crippen molar-refractivity contribution in [1.82, 2.24) is 9.78 Å². The second-order valence-electron chi connectivity index (χ2n) is 8.11. The summed E-state index contributed by atoms with van der Waals surface area (Å²) < 4.78 is 8.15. The van der Waals surface area contributed by atoms with E-state index in [9.17, 15) is 4.79 Å². The molecule has 0 bridgehead atoms. The molecule has 0 spiro atoms. The van der Waals surface area contributed by atoms with Crippen LogP contribution in [0.5, 0.6) is 5.75 Å². The van der Waals surface area contributed by atoms with Crippen molar-refractivity contribution in [2.75, 3.05) is 6.61 Å². The van der Waals surface area contributed by atoms with Gasteiger partial charge in [0.05, 0.1) is 10.2 Å². The highest BCUT2D eigenvalue weighted by Gasteiger charge is 2.17. The molecule has 0 unspecified atom stereocenters. The number of aryl methyl sites for hydroxylation is 1. The molecule has 0 N–H and O–H groups in total. The van der Waals surface area contributed by atoms with Crippen molar-refractivity contribution in [3.8, 4) is 5.75 Å². The summed E-state index contributed by atoms with van der Waals surface area (Å²) in [6.07, 6.45) is 8.57. The molecular weight excluding hydrogens is 428 g/mol. The number of carbonyl (C=O) groups is 1. The summed E-state index contributed by atoms with van der Waals surface area (Å²) in [5.74, 6) is 0.984. The molecule has 0 radical (unpaired) electrons. The van der Waals surface area contributed by atoms with Gasteiger partial charge in [0.1, 0.15) is 5.75 Å². The summed E-state index contributed by atoms with van der Waals surface area (Å²) in [5.41, 5.74) is 4.33. The smallest absolute Gasteiger partial charge is 0.284 e. The van der Waals surface area contributed by atoms with Gasteiger partial charge >= 0.3 is 0 Å². The maximum atomic E-state index is 12.7. The molecule has 29 heavy (non-hydrogen) atoms. The second kappa shape index (κ2) is 11.5. The van der Waals surface area contributed by atoms with Gasteiger partial charge in [0.25, 0.3) is 5.91 Å². The van der Waals surface area contributed by atoms with Crippen LogP contribution in [-0.2, 0) is 6.42 Å². The summed E-state index contributed by atoms with van der Waals surface area (Å²) in [6.45, 7) is 10.5. The molecule has 1 heterocycles. The number of ether oxygens (including phenoxy) is 1. The van der Waals surface area contributed by atoms with Crippen molar-refractivity contribution in [3.63, 3.8) is 0 Å². The number of carbonyl (C=O) groups excluding carboxylic acids is 1. The highest BCUT2D eigenvalue weighted by molar-refractivity contribution is 9.10. The number of hydrogen-bond acceptors (Lipinski definition) is 3. The Labute approximate surface area is 184 Å². The minimum atomic E-state index is -0.139. The maximum absolute atomic E-state index is 12.7. The van der Waals surface area contributed by atoms with Gasteiger partial charge in [-0.2, -0.15) is 5.10 Å². The Morgan fingerprint density at radius 1 is 1.14 bits per heavy atom. The van der Waals surface area contributed by atoms with Crippen molar-refractivity contribution in [2.45, 2.75) is 85.5 Å². The van der Waals surface area contributed by atoms with Crippen LogP contribution in [0.3, 0.4) is 0 Å². The van der Waals surface area contributed by atoms with E-state index in [4.69, 9.17) is 4.74 Å². The molecule has 0 saturated heterocycles. The summed E-state index contributed by atoms with van der Waals surface area (Å²) in [5, 5.41) is 4.49. The van der Waals surface area contributed by atoms with Crippen LogP contribution in [0.4, 0.5) is 0 Å². The molecule has 0 fully saturated rings. The topological polar surface area (TPSA) is 44.1 Å². The Kier molecular flexibility index (Phi) is 9.41. The quantitative estimate of drug-likeness (QED) is 0.337. The van der Waals surface area contributed by atoms with Gasteiger partial charge < -0.3 is 4.74 Å². The molecule has 2 rings (SSSR count). The van der Waals surface area contributed by atoms with Gasteiger partial charge in [-0.1, -0.05) is 58.9 Å². The Hall–Kier alpha value is -1.62.